The van der Waals surface area contributed by atoms with Crippen LogP contribution in [-0.4, -0.2) is 30.3 Å². The van der Waals surface area contributed by atoms with Crippen LogP contribution in [0.25, 0.3) is 0 Å². The highest BCUT2D eigenvalue weighted by atomic mass is 19.4. The largest absolute Gasteiger partial charge is 0.465 e. The van der Waals surface area contributed by atoms with E-state index < -0.39 is 24.1 Å². The van der Waals surface area contributed by atoms with Gasteiger partial charge in [-0.25, -0.2) is 0 Å². The Bertz CT molecular complexity index is 282. The van der Waals surface area contributed by atoms with E-state index in [0.29, 0.717) is 0 Å². The van der Waals surface area contributed by atoms with E-state index in [2.05, 4.69) is 5.32 Å². The molecule has 0 amide bonds. The van der Waals surface area contributed by atoms with Crippen molar-refractivity contribution in [1.29, 1.82) is 0 Å². The lowest BCUT2D eigenvalue weighted by Crippen LogP contribution is -2.53. The molecule has 0 heterocycles. The Morgan fingerprint density at radius 3 is 2.26 bits per heavy atom. The molecule has 6 heteroatoms. The third-order valence-electron chi connectivity index (χ3n) is 3.04. The summed E-state index contributed by atoms with van der Waals surface area (Å²) in [6.07, 6.45) is -4.28. The minimum Gasteiger partial charge on any atom is -0.465 e. The first kappa shape index (κ1) is 18.2. The first-order valence-corrected chi connectivity index (χ1v) is 6.66. The monoisotopic (exact) mass is 283 g/mol. The average molecular weight is 283 g/mol. The molecule has 0 aromatic heterocycles. The molecule has 0 fully saturated rings. The van der Waals surface area contributed by atoms with Gasteiger partial charge in [-0.2, -0.15) is 13.2 Å². The van der Waals surface area contributed by atoms with Crippen molar-refractivity contribution in [1.82, 2.24) is 5.32 Å². The summed E-state index contributed by atoms with van der Waals surface area (Å²) in [7, 11) is 0. The zero-order chi connectivity index (χ0) is 15.1. The predicted octanol–water partition coefficient (Wildman–Crippen LogP) is 3.43. The van der Waals surface area contributed by atoms with Crippen molar-refractivity contribution in [3.05, 3.63) is 0 Å². The van der Waals surface area contributed by atoms with Crippen LogP contribution in [0.1, 0.15) is 53.4 Å². The molecule has 0 rings (SSSR count). The molecule has 19 heavy (non-hydrogen) atoms. The summed E-state index contributed by atoms with van der Waals surface area (Å²) in [5, 5.41) is 3.07. The van der Waals surface area contributed by atoms with Crippen LogP contribution in [0.3, 0.4) is 0 Å². The second kappa shape index (κ2) is 7.72. The van der Waals surface area contributed by atoms with Crippen molar-refractivity contribution in [2.75, 3.05) is 6.61 Å². The minimum atomic E-state index is -4.19. The van der Waals surface area contributed by atoms with E-state index in [0.717, 1.165) is 6.42 Å². The molecule has 0 bridgehead atoms. The molecule has 0 aliphatic carbocycles. The normalized spacial score (nSPS) is 16.8. The topological polar surface area (TPSA) is 38.3 Å². The lowest BCUT2D eigenvalue weighted by Gasteiger charge is -2.31. The molecule has 2 unspecified atom stereocenters. The molecule has 0 aromatic carbocycles. The Balaban J connectivity index is 4.61. The van der Waals surface area contributed by atoms with Gasteiger partial charge < -0.3 is 4.74 Å². The minimum absolute atomic E-state index is 0.0419. The summed E-state index contributed by atoms with van der Waals surface area (Å²) in [5.41, 5.74) is -1.06. The van der Waals surface area contributed by atoms with Gasteiger partial charge in [0.15, 0.2) is 0 Å². The first-order chi connectivity index (χ1) is 8.64. The highest BCUT2D eigenvalue weighted by Gasteiger charge is 2.37. The molecule has 0 aliphatic rings. The Labute approximate surface area is 112 Å². The standard InChI is InChI=1S/C13H24F3NO2/c1-5-10(3)17-12(4,11(18)19-6-2)8-7-9-13(14,15)16/h10,17H,5-9H2,1-4H3. The van der Waals surface area contributed by atoms with Gasteiger partial charge in [0.2, 0.25) is 0 Å². The van der Waals surface area contributed by atoms with Crippen LogP contribution >= 0.6 is 0 Å². The Morgan fingerprint density at radius 2 is 1.84 bits per heavy atom. The second-order valence-corrected chi connectivity index (χ2v) is 4.97. The average Bonchev–Trinajstić information content (AvgIpc) is 2.27. The van der Waals surface area contributed by atoms with E-state index >= 15 is 0 Å². The van der Waals surface area contributed by atoms with E-state index in [1.807, 2.05) is 13.8 Å². The zero-order valence-electron chi connectivity index (χ0n) is 12.1. The first-order valence-electron chi connectivity index (χ1n) is 6.66. The smallest absolute Gasteiger partial charge is 0.389 e. The molecule has 0 radical (unpaired) electrons. The second-order valence-electron chi connectivity index (χ2n) is 4.97. The molecule has 114 valence electrons. The van der Waals surface area contributed by atoms with Crippen molar-refractivity contribution < 1.29 is 22.7 Å². The predicted molar refractivity (Wildman–Crippen MR) is 67.8 cm³/mol. The van der Waals surface area contributed by atoms with Gasteiger partial charge in [0.05, 0.1) is 6.61 Å². The van der Waals surface area contributed by atoms with Crippen LogP contribution in [0.5, 0.6) is 0 Å². The van der Waals surface area contributed by atoms with Crippen LogP contribution in [-0.2, 0) is 9.53 Å². The van der Waals surface area contributed by atoms with E-state index in [4.69, 9.17) is 4.74 Å². The lowest BCUT2D eigenvalue weighted by atomic mass is 9.93. The summed E-state index contributed by atoms with van der Waals surface area (Å²) < 4.78 is 41.5. The SMILES string of the molecule is CCOC(=O)C(C)(CCCC(F)(F)F)NC(C)CC. The van der Waals surface area contributed by atoms with Gasteiger partial charge in [0.1, 0.15) is 5.54 Å². The Hall–Kier alpha value is -0.780. The van der Waals surface area contributed by atoms with Gasteiger partial charge in [-0.1, -0.05) is 6.92 Å². The molecule has 0 saturated carbocycles. The van der Waals surface area contributed by atoms with Gasteiger partial charge in [-0.05, 0) is 40.0 Å². The number of nitrogens with one attached hydrogen (secondary N) is 1. The number of hydrogen-bond acceptors (Lipinski definition) is 3. The summed E-state index contributed by atoms with van der Waals surface area (Å²) in [4.78, 5) is 11.9. The summed E-state index contributed by atoms with van der Waals surface area (Å²) in [5.74, 6) is -0.488. The van der Waals surface area contributed by atoms with Crippen molar-refractivity contribution in [3.63, 3.8) is 0 Å². The number of esters is 1. The van der Waals surface area contributed by atoms with Gasteiger partial charge in [0, 0.05) is 12.5 Å². The molecule has 3 nitrogen and oxygen atoms in total. The maximum Gasteiger partial charge on any atom is 0.389 e. The molecular weight excluding hydrogens is 259 g/mol. The highest BCUT2D eigenvalue weighted by molar-refractivity contribution is 5.80. The fourth-order valence-corrected chi connectivity index (χ4v) is 1.81. The quantitative estimate of drug-likeness (QED) is 0.694. The van der Waals surface area contributed by atoms with Crippen molar-refractivity contribution in [2.24, 2.45) is 0 Å². The fraction of sp³-hybridized carbons (Fsp3) is 0.923. The molecule has 2 atom stereocenters. The third-order valence-corrected chi connectivity index (χ3v) is 3.04. The van der Waals surface area contributed by atoms with Crippen LogP contribution in [0.2, 0.25) is 0 Å². The molecule has 0 aromatic rings. The van der Waals surface area contributed by atoms with E-state index in [9.17, 15) is 18.0 Å². The number of rotatable bonds is 8. The summed E-state index contributed by atoms with van der Waals surface area (Å²) in [6, 6.07) is 0.0419. The highest BCUT2D eigenvalue weighted by Crippen LogP contribution is 2.26. The van der Waals surface area contributed by atoms with Crippen molar-refractivity contribution in [3.8, 4) is 0 Å². The number of hydrogen-bond donors (Lipinski definition) is 1. The van der Waals surface area contributed by atoms with E-state index in [1.54, 1.807) is 13.8 Å². The summed E-state index contributed by atoms with van der Waals surface area (Å²) in [6.45, 7) is 7.33. The lowest BCUT2D eigenvalue weighted by molar-refractivity contribution is -0.153. The fourth-order valence-electron chi connectivity index (χ4n) is 1.81. The Morgan fingerprint density at radius 1 is 1.26 bits per heavy atom. The van der Waals surface area contributed by atoms with Crippen molar-refractivity contribution >= 4 is 5.97 Å². The molecule has 0 saturated heterocycles. The zero-order valence-corrected chi connectivity index (χ0v) is 12.1. The van der Waals surface area contributed by atoms with Crippen LogP contribution < -0.4 is 5.32 Å². The number of carbonyl (C=O) groups is 1. The van der Waals surface area contributed by atoms with Gasteiger partial charge in [-0.15, -0.1) is 0 Å². The van der Waals surface area contributed by atoms with Gasteiger partial charge in [-0.3, -0.25) is 10.1 Å². The number of halogens is 3. The maximum atomic E-state index is 12.2. The van der Waals surface area contributed by atoms with E-state index in [1.165, 1.54) is 0 Å². The summed E-state index contributed by atoms with van der Waals surface area (Å²) >= 11 is 0. The number of alkyl halides is 3. The molecule has 0 aliphatic heterocycles. The van der Waals surface area contributed by atoms with E-state index in [-0.39, 0.29) is 25.5 Å². The molecular formula is C13H24F3NO2. The van der Waals surface area contributed by atoms with Crippen molar-refractivity contribution in [2.45, 2.75) is 71.1 Å². The third kappa shape index (κ3) is 7.40. The maximum absolute atomic E-state index is 12.2. The molecule has 1 N–H and O–H groups in total. The van der Waals surface area contributed by atoms with Crippen LogP contribution in [0.15, 0.2) is 0 Å². The van der Waals surface area contributed by atoms with Crippen LogP contribution in [0, 0.1) is 0 Å². The van der Waals surface area contributed by atoms with Gasteiger partial charge in [0.25, 0.3) is 0 Å². The van der Waals surface area contributed by atoms with Crippen LogP contribution in [0.4, 0.5) is 13.2 Å². The number of carbonyl (C=O) groups excluding carboxylic acids is 1. The Kier molecular flexibility index (Phi) is 7.41. The molecule has 0 spiro atoms. The van der Waals surface area contributed by atoms with Gasteiger partial charge >= 0.3 is 12.1 Å². The number of ether oxygens (including phenoxy) is 1.